The summed E-state index contributed by atoms with van der Waals surface area (Å²) < 4.78 is 0. The Balaban J connectivity index is 1.09. The summed E-state index contributed by atoms with van der Waals surface area (Å²) >= 11 is 0. The van der Waals surface area contributed by atoms with Crippen LogP contribution in [0.1, 0.15) is 68.2 Å². The Morgan fingerprint density at radius 1 is 0.490 bits per heavy atom. The molecule has 0 saturated heterocycles. The summed E-state index contributed by atoms with van der Waals surface area (Å²) in [6.07, 6.45) is 8.84. The minimum Gasteiger partial charge on any atom is -0.255 e. The Labute approximate surface area is 287 Å². The number of nitrogens with zero attached hydrogens (tertiary/aromatic N) is 4. The third-order valence-electron chi connectivity index (χ3n) is 13.2. The highest BCUT2D eigenvalue weighted by atomic mass is 15.0. The molecule has 4 heteroatoms. The van der Waals surface area contributed by atoms with Gasteiger partial charge in [0.2, 0.25) is 0 Å². The fourth-order valence-electron chi connectivity index (χ4n) is 11.3. The molecule has 4 fully saturated rings. The van der Waals surface area contributed by atoms with Gasteiger partial charge in [-0.3, -0.25) is 4.98 Å². The minimum atomic E-state index is -0.105. The quantitative estimate of drug-likeness (QED) is 0.194. The van der Waals surface area contributed by atoms with Gasteiger partial charge in [-0.15, -0.1) is 0 Å². The average molecular weight is 635 g/mol. The second-order valence-electron chi connectivity index (χ2n) is 15.9. The lowest BCUT2D eigenvalue weighted by Gasteiger charge is -2.61. The van der Waals surface area contributed by atoms with E-state index in [-0.39, 0.29) is 10.8 Å². The van der Waals surface area contributed by atoms with Crippen molar-refractivity contribution in [3.8, 4) is 56.5 Å². The van der Waals surface area contributed by atoms with E-state index in [2.05, 4.69) is 111 Å². The van der Waals surface area contributed by atoms with Gasteiger partial charge in [0.15, 0.2) is 17.5 Å². The van der Waals surface area contributed by atoms with E-state index in [1.807, 2.05) is 12.3 Å². The first kappa shape index (κ1) is 27.9. The third-order valence-corrected chi connectivity index (χ3v) is 13.2. The number of benzene rings is 4. The van der Waals surface area contributed by atoms with Crippen molar-refractivity contribution in [2.45, 2.75) is 56.8 Å². The molecule has 0 atom stereocenters. The Morgan fingerprint density at radius 3 is 1.80 bits per heavy atom. The number of aromatic nitrogens is 4. The molecule has 238 valence electrons. The standard InChI is InChI=1S/C45H38N4/c1-44(2)36-14-8-6-12-33(36)34-17-16-29(23-38(34)44)42-47-41(28-10-4-3-5-11-28)48-43(49-42)30-24-39-40(46-25-30)35-13-7-9-15-37(35)45(39)31-19-26-18-27(21-31)22-32(45)20-26/h3-17,23-27,31-32H,18-22H2,1-2H3. The molecule has 1 spiro atoms. The molecule has 2 heterocycles. The monoisotopic (exact) mass is 634 g/mol. The van der Waals surface area contributed by atoms with E-state index in [9.17, 15) is 0 Å². The SMILES string of the molecule is CC1(C)c2ccccc2-c2ccc(-c3nc(-c4ccccc4)nc(-c4cnc5c(c4)C4(c6ccccc6-5)C5CC6CC(C5)CC4C6)n3)cc21. The zero-order valence-corrected chi connectivity index (χ0v) is 28.0. The molecule has 12 rings (SSSR count). The predicted molar refractivity (Wildman–Crippen MR) is 195 cm³/mol. The second-order valence-corrected chi connectivity index (χ2v) is 15.9. The third kappa shape index (κ3) is 3.75. The topological polar surface area (TPSA) is 51.6 Å². The Kier molecular flexibility index (Phi) is 5.60. The Bertz CT molecular complexity index is 2310. The summed E-state index contributed by atoms with van der Waals surface area (Å²) in [5, 5.41) is 0. The van der Waals surface area contributed by atoms with E-state index < -0.39 is 0 Å². The van der Waals surface area contributed by atoms with Gasteiger partial charge in [0.25, 0.3) is 0 Å². The van der Waals surface area contributed by atoms with Crippen molar-refractivity contribution in [2.75, 3.05) is 0 Å². The smallest absolute Gasteiger partial charge is 0.165 e. The van der Waals surface area contributed by atoms with Crippen LogP contribution in [0.15, 0.2) is 109 Å². The van der Waals surface area contributed by atoms with Crippen molar-refractivity contribution in [3.05, 3.63) is 132 Å². The first-order chi connectivity index (χ1) is 24.0. The molecule has 2 aromatic heterocycles. The molecule has 0 N–H and O–H groups in total. The highest BCUT2D eigenvalue weighted by molar-refractivity contribution is 5.84. The largest absolute Gasteiger partial charge is 0.255 e. The van der Waals surface area contributed by atoms with Gasteiger partial charge in [-0.25, -0.2) is 15.0 Å². The van der Waals surface area contributed by atoms with Crippen LogP contribution in [0.3, 0.4) is 0 Å². The summed E-state index contributed by atoms with van der Waals surface area (Å²) in [5.41, 5.74) is 13.7. The van der Waals surface area contributed by atoms with Crippen LogP contribution in [-0.2, 0) is 10.8 Å². The summed E-state index contributed by atoms with van der Waals surface area (Å²) in [5.74, 6) is 5.22. The lowest BCUT2D eigenvalue weighted by Crippen LogP contribution is -2.55. The maximum atomic E-state index is 5.28. The van der Waals surface area contributed by atoms with Gasteiger partial charge in [-0.2, -0.15) is 0 Å². The molecule has 0 unspecified atom stereocenters. The van der Waals surface area contributed by atoms with Crippen LogP contribution < -0.4 is 0 Å². The Morgan fingerprint density at radius 2 is 1.06 bits per heavy atom. The molecule has 4 aromatic carbocycles. The van der Waals surface area contributed by atoms with Crippen molar-refractivity contribution in [3.63, 3.8) is 0 Å². The fourth-order valence-corrected chi connectivity index (χ4v) is 11.3. The zero-order valence-electron chi connectivity index (χ0n) is 28.0. The molecule has 4 nitrogen and oxygen atoms in total. The first-order valence-corrected chi connectivity index (χ1v) is 18.2. The van der Waals surface area contributed by atoms with Gasteiger partial charge in [0, 0.05) is 39.3 Å². The Hall–Kier alpha value is -4.96. The van der Waals surface area contributed by atoms with Crippen molar-refractivity contribution >= 4 is 0 Å². The molecule has 0 amide bonds. The zero-order chi connectivity index (χ0) is 32.5. The van der Waals surface area contributed by atoms with E-state index in [1.54, 1.807) is 0 Å². The average Bonchev–Trinajstić information content (AvgIpc) is 3.56. The highest BCUT2D eigenvalue weighted by Crippen LogP contribution is 2.69. The number of hydrogen-bond acceptors (Lipinski definition) is 4. The van der Waals surface area contributed by atoms with Gasteiger partial charge in [-0.1, -0.05) is 105 Å². The molecule has 0 aliphatic heterocycles. The first-order valence-electron chi connectivity index (χ1n) is 18.2. The maximum absolute atomic E-state index is 5.28. The van der Waals surface area contributed by atoms with E-state index in [0.717, 1.165) is 28.5 Å². The predicted octanol–water partition coefficient (Wildman–Crippen LogP) is 10.3. The maximum Gasteiger partial charge on any atom is 0.165 e. The van der Waals surface area contributed by atoms with Crippen molar-refractivity contribution in [2.24, 2.45) is 23.7 Å². The molecule has 6 aromatic rings. The number of pyridine rings is 1. The summed E-state index contributed by atoms with van der Waals surface area (Å²) in [4.78, 5) is 20.8. The van der Waals surface area contributed by atoms with Crippen molar-refractivity contribution in [1.82, 2.24) is 19.9 Å². The van der Waals surface area contributed by atoms with Crippen LogP contribution in [0, 0.1) is 23.7 Å². The molecule has 4 saturated carbocycles. The molecule has 6 aliphatic rings. The molecule has 6 aliphatic carbocycles. The van der Waals surface area contributed by atoms with Gasteiger partial charge in [0.1, 0.15) is 0 Å². The molecular weight excluding hydrogens is 597 g/mol. The minimum absolute atomic E-state index is 0.0427. The molecular formula is C45H38N4. The van der Waals surface area contributed by atoms with Gasteiger partial charge in [0.05, 0.1) is 5.69 Å². The lowest BCUT2D eigenvalue weighted by molar-refractivity contribution is -0.0399. The molecule has 49 heavy (non-hydrogen) atoms. The number of rotatable bonds is 3. The molecule has 4 bridgehead atoms. The normalized spacial score (nSPS) is 26.0. The van der Waals surface area contributed by atoms with E-state index in [0.29, 0.717) is 29.3 Å². The van der Waals surface area contributed by atoms with Gasteiger partial charge >= 0.3 is 0 Å². The van der Waals surface area contributed by atoms with Crippen LogP contribution in [0.5, 0.6) is 0 Å². The van der Waals surface area contributed by atoms with E-state index >= 15 is 0 Å². The van der Waals surface area contributed by atoms with E-state index in [4.69, 9.17) is 19.9 Å². The van der Waals surface area contributed by atoms with Gasteiger partial charge in [-0.05, 0) is 101 Å². The summed E-state index contributed by atoms with van der Waals surface area (Å²) in [6.45, 7) is 4.65. The van der Waals surface area contributed by atoms with Crippen LogP contribution >= 0.6 is 0 Å². The lowest BCUT2D eigenvalue weighted by atomic mass is 9.43. The number of hydrogen-bond donors (Lipinski definition) is 0. The number of fused-ring (bicyclic) bond motifs is 6. The fraction of sp³-hybridized carbons (Fsp3) is 0.289. The van der Waals surface area contributed by atoms with Crippen LogP contribution in [0.2, 0.25) is 0 Å². The molecule has 0 radical (unpaired) electrons. The van der Waals surface area contributed by atoms with Crippen LogP contribution in [0.4, 0.5) is 0 Å². The highest BCUT2D eigenvalue weighted by Gasteiger charge is 2.62. The van der Waals surface area contributed by atoms with Crippen molar-refractivity contribution < 1.29 is 0 Å². The summed E-state index contributed by atoms with van der Waals surface area (Å²) in [6, 6.07) is 37.5. The van der Waals surface area contributed by atoms with Crippen molar-refractivity contribution in [1.29, 1.82) is 0 Å². The van der Waals surface area contributed by atoms with Crippen LogP contribution in [0.25, 0.3) is 56.5 Å². The van der Waals surface area contributed by atoms with Gasteiger partial charge < -0.3 is 0 Å². The van der Waals surface area contributed by atoms with E-state index in [1.165, 1.54) is 76.7 Å². The summed E-state index contributed by atoms with van der Waals surface area (Å²) in [7, 11) is 0. The van der Waals surface area contributed by atoms with Crippen LogP contribution in [-0.4, -0.2) is 19.9 Å². The second kappa shape index (κ2) is 9.81.